The van der Waals surface area contributed by atoms with Crippen LogP contribution in [-0.4, -0.2) is 15.8 Å². The third-order valence-corrected chi connectivity index (χ3v) is 4.08. The molecule has 0 unspecified atom stereocenters. The van der Waals surface area contributed by atoms with Crippen LogP contribution in [0.15, 0.2) is 42.5 Å². The van der Waals surface area contributed by atoms with E-state index >= 15 is 0 Å². The van der Waals surface area contributed by atoms with E-state index in [1.165, 1.54) is 18.2 Å². The summed E-state index contributed by atoms with van der Waals surface area (Å²) in [6.45, 7) is 1.88. The first-order valence-corrected chi connectivity index (χ1v) is 7.71. The predicted molar refractivity (Wildman–Crippen MR) is 91.6 cm³/mol. The summed E-state index contributed by atoms with van der Waals surface area (Å²) in [5.74, 6) is -0.653. The van der Waals surface area contributed by atoms with Gasteiger partial charge in [0.2, 0.25) is 5.91 Å². The summed E-state index contributed by atoms with van der Waals surface area (Å²) in [6.07, 6.45) is 0.0654. The second-order valence-corrected chi connectivity index (χ2v) is 5.76. The van der Waals surface area contributed by atoms with E-state index < -0.39 is 4.92 Å². The number of halogens is 1. The molecule has 0 spiro atoms. The summed E-state index contributed by atoms with van der Waals surface area (Å²) < 4.78 is 13.5. The van der Waals surface area contributed by atoms with Gasteiger partial charge in [-0.1, -0.05) is 18.2 Å². The number of hydrogen-bond donors (Lipinski definition) is 2. The molecule has 0 atom stereocenters. The number of nitro groups is 1. The Morgan fingerprint density at radius 2 is 2.04 bits per heavy atom. The van der Waals surface area contributed by atoms with Crippen molar-refractivity contribution in [3.63, 3.8) is 0 Å². The molecule has 128 valence electrons. The Hall–Kier alpha value is -3.22. The molecule has 1 amide bonds. The topological polar surface area (TPSA) is 88.0 Å². The van der Waals surface area contributed by atoms with Crippen molar-refractivity contribution >= 4 is 22.5 Å². The van der Waals surface area contributed by atoms with Crippen molar-refractivity contribution in [2.75, 3.05) is 0 Å². The van der Waals surface area contributed by atoms with Crippen molar-refractivity contribution in [3.8, 4) is 0 Å². The molecule has 1 aromatic heterocycles. The van der Waals surface area contributed by atoms with Crippen LogP contribution in [0.4, 0.5) is 10.1 Å². The Bertz CT molecular complexity index is 965. The number of hydrogen-bond acceptors (Lipinski definition) is 3. The van der Waals surface area contributed by atoms with Crippen LogP contribution >= 0.6 is 0 Å². The lowest BCUT2D eigenvalue weighted by molar-refractivity contribution is -0.385. The smallest absolute Gasteiger partial charge is 0.274 e. The number of rotatable bonds is 5. The summed E-state index contributed by atoms with van der Waals surface area (Å²) in [7, 11) is 0. The maximum absolute atomic E-state index is 13.5. The maximum Gasteiger partial charge on any atom is 0.274 e. The summed E-state index contributed by atoms with van der Waals surface area (Å²) in [5.41, 5.74) is 2.67. The SMILES string of the molecule is Cc1[nH]c2ccc(F)cc2c1CC(=O)NCc1ccccc1[N+](=O)[O-]. The Labute approximate surface area is 142 Å². The van der Waals surface area contributed by atoms with Crippen molar-refractivity contribution < 1.29 is 14.1 Å². The molecule has 0 radical (unpaired) electrons. The van der Waals surface area contributed by atoms with E-state index in [0.717, 1.165) is 16.8 Å². The van der Waals surface area contributed by atoms with Gasteiger partial charge in [-0.15, -0.1) is 0 Å². The van der Waals surface area contributed by atoms with Gasteiger partial charge in [0.05, 0.1) is 11.3 Å². The van der Waals surface area contributed by atoms with Gasteiger partial charge >= 0.3 is 0 Å². The average Bonchev–Trinajstić information content (AvgIpc) is 2.88. The zero-order valence-corrected chi connectivity index (χ0v) is 13.5. The summed E-state index contributed by atoms with van der Waals surface area (Å²) >= 11 is 0. The van der Waals surface area contributed by atoms with Crippen molar-refractivity contribution in [3.05, 3.63) is 75.2 Å². The lowest BCUT2D eigenvalue weighted by atomic mass is 10.1. The molecule has 1 heterocycles. The number of amides is 1. The number of fused-ring (bicyclic) bond motifs is 1. The second kappa shape index (κ2) is 6.72. The Kier molecular flexibility index (Phi) is 4.47. The largest absolute Gasteiger partial charge is 0.358 e. The first kappa shape index (κ1) is 16.6. The van der Waals surface area contributed by atoms with Crippen molar-refractivity contribution in [2.45, 2.75) is 19.9 Å². The fraction of sp³-hybridized carbons (Fsp3) is 0.167. The number of carbonyl (C=O) groups is 1. The van der Waals surface area contributed by atoms with Crippen LogP contribution in [0.25, 0.3) is 10.9 Å². The first-order chi connectivity index (χ1) is 12.0. The van der Waals surface area contributed by atoms with Crippen LogP contribution in [0.5, 0.6) is 0 Å². The first-order valence-electron chi connectivity index (χ1n) is 7.71. The standard InChI is InChI=1S/C18H16FN3O3/c1-11-14(15-8-13(19)6-7-16(15)21-11)9-18(23)20-10-12-4-2-3-5-17(12)22(24)25/h2-8,21H,9-10H2,1H3,(H,20,23). The molecule has 25 heavy (non-hydrogen) atoms. The number of benzene rings is 2. The van der Waals surface area contributed by atoms with E-state index in [1.54, 1.807) is 24.3 Å². The fourth-order valence-electron chi connectivity index (χ4n) is 2.84. The third kappa shape index (κ3) is 3.50. The molecule has 0 aliphatic rings. The highest BCUT2D eigenvalue weighted by molar-refractivity contribution is 5.90. The van der Waals surface area contributed by atoms with Gasteiger partial charge in [0.25, 0.3) is 5.69 Å². The maximum atomic E-state index is 13.5. The number of nitrogens with one attached hydrogen (secondary N) is 2. The molecule has 0 saturated heterocycles. The quantitative estimate of drug-likeness (QED) is 0.551. The van der Waals surface area contributed by atoms with Gasteiger partial charge in [0.15, 0.2) is 0 Å². The normalized spacial score (nSPS) is 10.8. The highest BCUT2D eigenvalue weighted by atomic mass is 19.1. The predicted octanol–water partition coefficient (Wildman–Crippen LogP) is 3.38. The summed E-state index contributed by atoms with van der Waals surface area (Å²) in [5, 5.41) is 14.4. The summed E-state index contributed by atoms with van der Waals surface area (Å²) in [4.78, 5) is 25.9. The fourth-order valence-corrected chi connectivity index (χ4v) is 2.84. The van der Waals surface area contributed by atoms with Crippen molar-refractivity contribution in [1.82, 2.24) is 10.3 Å². The molecule has 0 bridgehead atoms. The minimum atomic E-state index is -0.478. The molecule has 0 aliphatic carbocycles. The number of aromatic nitrogens is 1. The number of aromatic amines is 1. The van der Waals surface area contributed by atoms with Crippen molar-refractivity contribution in [2.24, 2.45) is 0 Å². The Balaban J connectivity index is 1.75. The van der Waals surface area contributed by atoms with Crippen LogP contribution in [0.1, 0.15) is 16.8 Å². The minimum Gasteiger partial charge on any atom is -0.358 e. The zero-order chi connectivity index (χ0) is 18.0. The van der Waals surface area contributed by atoms with Crippen LogP contribution in [0.3, 0.4) is 0 Å². The van der Waals surface area contributed by atoms with Gasteiger partial charge in [-0.3, -0.25) is 14.9 Å². The molecule has 3 rings (SSSR count). The van der Waals surface area contributed by atoms with E-state index in [-0.39, 0.29) is 30.4 Å². The average molecular weight is 341 g/mol. The molecule has 0 saturated carbocycles. The van der Waals surface area contributed by atoms with E-state index in [4.69, 9.17) is 0 Å². The number of aryl methyl sites for hydroxylation is 1. The van der Waals surface area contributed by atoms with Crippen LogP contribution < -0.4 is 5.32 Å². The van der Waals surface area contributed by atoms with Gasteiger partial charge in [-0.05, 0) is 30.7 Å². The van der Waals surface area contributed by atoms with E-state index in [1.807, 2.05) is 6.92 Å². The Morgan fingerprint density at radius 1 is 1.28 bits per heavy atom. The van der Waals surface area contributed by atoms with E-state index in [9.17, 15) is 19.3 Å². The number of H-pyrrole nitrogens is 1. The Morgan fingerprint density at radius 3 is 2.80 bits per heavy atom. The van der Waals surface area contributed by atoms with Gasteiger partial charge in [-0.2, -0.15) is 0 Å². The van der Waals surface area contributed by atoms with Crippen LogP contribution in [0.2, 0.25) is 0 Å². The van der Waals surface area contributed by atoms with Crippen LogP contribution in [-0.2, 0) is 17.8 Å². The van der Waals surface area contributed by atoms with Gasteiger partial charge < -0.3 is 10.3 Å². The van der Waals surface area contributed by atoms with Crippen molar-refractivity contribution in [1.29, 1.82) is 0 Å². The molecule has 0 aliphatic heterocycles. The van der Waals surface area contributed by atoms with Gasteiger partial charge in [0, 0.05) is 34.8 Å². The minimum absolute atomic E-state index is 0.0341. The van der Waals surface area contributed by atoms with E-state index in [0.29, 0.717) is 10.9 Å². The molecular weight excluding hydrogens is 325 g/mol. The lowest BCUT2D eigenvalue weighted by Gasteiger charge is -2.06. The van der Waals surface area contributed by atoms with Gasteiger partial charge in [-0.25, -0.2) is 4.39 Å². The zero-order valence-electron chi connectivity index (χ0n) is 13.5. The molecule has 6 nitrogen and oxygen atoms in total. The third-order valence-electron chi connectivity index (χ3n) is 4.08. The summed E-state index contributed by atoms with van der Waals surface area (Å²) in [6, 6.07) is 10.6. The lowest BCUT2D eigenvalue weighted by Crippen LogP contribution is -2.25. The molecule has 7 heteroatoms. The molecule has 2 aromatic carbocycles. The molecule has 2 N–H and O–H groups in total. The number of para-hydroxylation sites is 1. The number of nitrogens with zero attached hydrogens (tertiary/aromatic N) is 1. The molecular formula is C18H16FN3O3. The second-order valence-electron chi connectivity index (χ2n) is 5.76. The number of carbonyl (C=O) groups excluding carboxylic acids is 1. The molecule has 0 fully saturated rings. The monoisotopic (exact) mass is 341 g/mol. The highest BCUT2D eigenvalue weighted by Gasteiger charge is 2.15. The van der Waals surface area contributed by atoms with E-state index in [2.05, 4.69) is 10.3 Å². The van der Waals surface area contributed by atoms with Gasteiger partial charge in [0.1, 0.15) is 5.82 Å². The van der Waals surface area contributed by atoms with Crippen LogP contribution in [0, 0.1) is 22.9 Å². The number of nitro benzene ring substituents is 1. The molecule has 3 aromatic rings. The highest BCUT2D eigenvalue weighted by Crippen LogP contribution is 2.23.